The van der Waals surface area contributed by atoms with Crippen LogP contribution < -0.4 is 19.7 Å². The fourth-order valence-corrected chi connectivity index (χ4v) is 19.5. The molecular formula is C128H95BrN2O2. The van der Waals surface area contributed by atoms with E-state index in [0.29, 0.717) is 0 Å². The summed E-state index contributed by atoms with van der Waals surface area (Å²) in [5.41, 5.74) is 32.0. The van der Waals surface area contributed by atoms with Gasteiger partial charge in [0, 0.05) is 67.0 Å². The maximum Gasteiger partial charge on any atom is 0.132 e. The van der Waals surface area contributed by atoms with Gasteiger partial charge in [0.1, 0.15) is 23.0 Å². The minimum absolute atomic E-state index is 0. The monoisotopic (exact) mass is 1770 g/mol. The van der Waals surface area contributed by atoms with Crippen molar-refractivity contribution in [2.24, 2.45) is 0 Å². The van der Waals surface area contributed by atoms with Crippen molar-refractivity contribution < 1.29 is 9.47 Å². The summed E-state index contributed by atoms with van der Waals surface area (Å²) in [6.07, 6.45) is 0. The molecule has 0 spiro atoms. The van der Waals surface area contributed by atoms with Gasteiger partial charge in [0.2, 0.25) is 0 Å². The van der Waals surface area contributed by atoms with Crippen LogP contribution in [0.3, 0.4) is 0 Å². The van der Waals surface area contributed by atoms with Crippen LogP contribution in [0.5, 0.6) is 23.0 Å². The summed E-state index contributed by atoms with van der Waals surface area (Å²) in [4.78, 5) is 2.39. The van der Waals surface area contributed by atoms with E-state index in [4.69, 9.17) is 9.47 Å². The Kier molecular flexibility index (Phi) is 24.3. The van der Waals surface area contributed by atoms with Gasteiger partial charge in [0.25, 0.3) is 0 Å². The van der Waals surface area contributed by atoms with Crippen molar-refractivity contribution in [1.29, 1.82) is 0 Å². The van der Waals surface area contributed by atoms with Crippen LogP contribution in [-0.4, -0.2) is 0 Å². The highest BCUT2D eigenvalue weighted by molar-refractivity contribution is 9.10. The zero-order valence-electron chi connectivity index (χ0n) is 71.8. The van der Waals surface area contributed by atoms with Gasteiger partial charge in [0.15, 0.2) is 0 Å². The molecule has 24 rings (SSSR count). The first-order valence-corrected chi connectivity index (χ1v) is 45.5. The van der Waals surface area contributed by atoms with E-state index in [9.17, 15) is 0 Å². The number of ether oxygens (including phenoxy) is 2. The van der Waals surface area contributed by atoms with Gasteiger partial charge < -0.3 is 19.7 Å². The van der Waals surface area contributed by atoms with E-state index in [1.54, 1.807) is 0 Å². The second kappa shape index (κ2) is 38.1. The van der Waals surface area contributed by atoms with E-state index in [-0.39, 0.29) is 26.7 Å². The minimum atomic E-state index is -0.131. The lowest BCUT2D eigenvalue weighted by atomic mass is 9.78. The van der Waals surface area contributed by atoms with Gasteiger partial charge in [-0.2, -0.15) is 0 Å². The van der Waals surface area contributed by atoms with Crippen molar-refractivity contribution in [2.75, 3.05) is 10.2 Å². The van der Waals surface area contributed by atoms with E-state index in [1.165, 1.54) is 165 Å². The lowest BCUT2D eigenvalue weighted by Gasteiger charge is -2.32. The molecule has 4 nitrogen and oxygen atoms in total. The molecule has 636 valence electrons. The molecule has 0 amide bonds. The first kappa shape index (κ1) is 84.7. The summed E-state index contributed by atoms with van der Waals surface area (Å²) >= 11 is 3.75. The van der Waals surface area contributed by atoms with Crippen molar-refractivity contribution in [2.45, 2.75) is 26.7 Å². The molecule has 1 N–H and O–H groups in total. The van der Waals surface area contributed by atoms with Crippen LogP contribution in [0.25, 0.3) is 132 Å². The minimum Gasteiger partial charge on any atom is -0.457 e. The number of nitrogens with zero attached hydrogens (tertiary/aromatic N) is 1. The number of hydrogen-bond donors (Lipinski definition) is 1. The summed E-state index contributed by atoms with van der Waals surface area (Å²) in [6, 6.07) is 182. The Balaban J connectivity index is 0.000000137. The predicted octanol–water partition coefficient (Wildman–Crippen LogP) is 36.8. The zero-order valence-corrected chi connectivity index (χ0v) is 73.4. The van der Waals surface area contributed by atoms with Crippen LogP contribution in [-0.2, 0) is 0 Å². The zero-order chi connectivity index (χ0) is 87.3. The molecule has 0 saturated carbocycles. The van der Waals surface area contributed by atoms with Crippen LogP contribution in [0.1, 0.15) is 60.1 Å². The molecule has 22 aromatic rings. The van der Waals surface area contributed by atoms with E-state index in [1.807, 2.05) is 12.1 Å². The molecule has 0 saturated heterocycles. The molecule has 0 fully saturated rings. The first-order valence-electron chi connectivity index (χ1n) is 44.7. The highest BCUT2D eigenvalue weighted by Crippen LogP contribution is 2.56. The van der Waals surface area contributed by atoms with Crippen molar-refractivity contribution in [3.63, 3.8) is 0 Å². The smallest absolute Gasteiger partial charge is 0.132 e. The third-order valence-corrected chi connectivity index (χ3v) is 26.0. The van der Waals surface area contributed by atoms with Gasteiger partial charge in [-0.25, -0.2) is 0 Å². The predicted molar refractivity (Wildman–Crippen MR) is 566 cm³/mol. The highest BCUT2D eigenvalue weighted by Gasteiger charge is 2.35. The molecule has 133 heavy (non-hydrogen) atoms. The van der Waals surface area contributed by atoms with Gasteiger partial charge in [-0.15, -0.1) is 0 Å². The second-order valence-electron chi connectivity index (χ2n) is 33.5. The molecule has 0 aromatic heterocycles. The fourth-order valence-electron chi connectivity index (χ4n) is 19.1. The molecule has 0 radical (unpaired) electrons. The summed E-state index contributed by atoms with van der Waals surface area (Å²) in [5, 5.41) is 13.1. The number of benzene rings is 22. The van der Waals surface area contributed by atoms with E-state index >= 15 is 0 Å². The first-order chi connectivity index (χ1) is 64.8. The third kappa shape index (κ3) is 17.5. The lowest BCUT2D eigenvalue weighted by Crippen LogP contribution is -2.14. The van der Waals surface area contributed by atoms with Crippen molar-refractivity contribution in [3.8, 4) is 112 Å². The van der Waals surface area contributed by atoms with E-state index in [0.717, 1.165) is 55.9 Å². The van der Waals surface area contributed by atoms with Gasteiger partial charge in [-0.05, 0) is 265 Å². The number of anilines is 5. The third-order valence-electron chi connectivity index (χ3n) is 25.5. The number of rotatable bonds is 15. The Bertz CT molecular complexity index is 7440. The summed E-state index contributed by atoms with van der Waals surface area (Å²) in [5.74, 6) is 3.50. The molecule has 0 bridgehead atoms. The Morgan fingerprint density at radius 2 is 0.421 bits per heavy atom. The second-order valence-corrected chi connectivity index (χ2v) is 34.4. The van der Waals surface area contributed by atoms with E-state index < -0.39 is 0 Å². The lowest BCUT2D eigenvalue weighted by molar-refractivity contribution is 0.456. The van der Waals surface area contributed by atoms with Crippen molar-refractivity contribution >= 4 is 87.5 Å². The quantitative estimate of drug-likeness (QED) is 0.111. The van der Waals surface area contributed by atoms with Gasteiger partial charge in [-0.3, -0.25) is 0 Å². The molecule has 0 unspecified atom stereocenters. The Morgan fingerprint density at radius 3 is 0.692 bits per heavy atom. The van der Waals surface area contributed by atoms with Crippen LogP contribution in [0.15, 0.2) is 514 Å². The van der Waals surface area contributed by atoms with Crippen LogP contribution in [0.2, 0.25) is 0 Å². The topological polar surface area (TPSA) is 33.7 Å². The maximum absolute atomic E-state index is 6.98. The summed E-state index contributed by atoms with van der Waals surface area (Å²) < 4.78 is 14.7. The number of fused-ring (bicyclic) bond motifs is 12. The number of hydrogen-bond acceptors (Lipinski definition) is 4. The maximum atomic E-state index is 6.98. The average Bonchev–Trinajstić information content (AvgIpc) is 0.718. The van der Waals surface area contributed by atoms with Crippen LogP contribution >= 0.6 is 15.9 Å². The molecule has 2 aliphatic rings. The molecule has 0 atom stereocenters. The average molecular weight is 1770 g/mol. The van der Waals surface area contributed by atoms with Crippen molar-refractivity contribution in [1.82, 2.24) is 0 Å². The molecular weight excluding hydrogens is 1680 g/mol. The number of halogens is 1. The Hall–Kier alpha value is -16.4. The molecule has 22 aromatic carbocycles. The van der Waals surface area contributed by atoms with Crippen LogP contribution in [0.4, 0.5) is 28.4 Å². The molecule has 5 heteroatoms. The largest absolute Gasteiger partial charge is 0.457 e. The summed E-state index contributed by atoms with van der Waals surface area (Å²) in [6.45, 7) is 0. The Morgan fingerprint density at radius 1 is 0.188 bits per heavy atom. The normalized spacial score (nSPS) is 11.7. The van der Waals surface area contributed by atoms with Gasteiger partial charge in [0.05, 0.1) is 0 Å². The fraction of sp³-hybridized carbons (Fsp3) is 0.0312. The van der Waals surface area contributed by atoms with E-state index in [2.05, 4.69) is 524 Å². The van der Waals surface area contributed by atoms with Crippen LogP contribution in [0, 0.1) is 0 Å². The SMILES string of the molecule is Brc1cccc(C2c3c(ccc4cc(-c5ccccc5)ccc34)Oc3ccc4cc(-c5ccccc5)ccc4c32)c1.C.C.c1ccc(-c2ccc(N(c3ccc(-c4ccccc4)cc3)c3cccc(C4c5c(ccc6cc(-c7ccccc7)ccc56)Oc5ccc6cc(-c7ccccc7)ccc6c54)c3)cc2)cc1.c1ccc(-c2ccc(Nc3ccc(-c4ccccc4)cc3)cc2)cc1. The van der Waals surface area contributed by atoms with Gasteiger partial charge in [-0.1, -0.05) is 419 Å². The molecule has 2 heterocycles. The van der Waals surface area contributed by atoms with Crippen molar-refractivity contribution in [3.05, 3.63) is 547 Å². The molecule has 2 aliphatic heterocycles. The number of nitrogens with one attached hydrogen (secondary N) is 1. The molecule has 0 aliphatic carbocycles. The standard InChI is InChI=1S/C63H43NO.C39H25BrO.C24H19N.2CH4/c1-5-14-43(15-6-1)47-24-32-54(33-25-47)64(55-34-26-48(27-35-55)44-16-7-2-8-17-44)56-23-13-22-53(42-56)61-62-57-36-28-49(45-18-9-3-10-19-45)40-51(57)30-38-59(62)65-60-39-31-52-41-50(29-37-58(52)63(60)61)46-20-11-4-12-21-46;40-32-13-7-12-31(24-32)37-38-33-18-14-27(25-8-3-1-4-9-25)22-29(33)16-20-35(38)41-36-21-17-30-23-28(15-19-34(30)39(36)37)26-10-5-2-6-11-26;1-3-7-19(8-4-1)21-11-15-23(16-12-21)25-24-17-13-22(14-18-24)20-9-5-2-6-10-20;;/h1-42,61H;1-24,37H;1-18,25H;2*1H4. The highest BCUT2D eigenvalue weighted by atomic mass is 79.9. The summed E-state index contributed by atoms with van der Waals surface area (Å²) in [7, 11) is 0. The Labute approximate surface area is 787 Å². The van der Waals surface area contributed by atoms with Gasteiger partial charge >= 0.3 is 0 Å².